The molecule has 288 valence electrons. The second kappa shape index (κ2) is 13.5. The van der Waals surface area contributed by atoms with Gasteiger partial charge in [0.05, 0.1) is 0 Å². The van der Waals surface area contributed by atoms with Crippen LogP contribution in [0, 0.1) is 0 Å². The molecule has 0 bridgehead atoms. The molecule has 0 heterocycles. The molecule has 9 aromatic rings. The molecule has 3 aliphatic carbocycles. The molecule has 3 aliphatic rings. The monoisotopic (exact) mass is 779 g/mol. The molecule has 0 radical (unpaired) electrons. The Hall–Kier alpha value is -7.55. The Morgan fingerprint density at radius 1 is 0.377 bits per heavy atom. The van der Waals surface area contributed by atoms with Gasteiger partial charge in [-0.3, -0.25) is 4.79 Å². The molecule has 0 atom stereocenters. The maximum atomic E-state index is 13.7. The van der Waals surface area contributed by atoms with Crippen LogP contribution in [0.4, 0.5) is 17.1 Å². The second-order valence-electron chi connectivity index (χ2n) is 17.2. The third-order valence-electron chi connectivity index (χ3n) is 13.6. The zero-order valence-electron chi connectivity index (χ0n) is 34.1. The number of fused-ring (bicyclic) bond motifs is 9. The second-order valence-corrected chi connectivity index (χ2v) is 17.2. The number of hydrogen-bond acceptors (Lipinski definition) is 2. The van der Waals surface area contributed by atoms with Crippen LogP contribution in [0.15, 0.2) is 206 Å². The lowest BCUT2D eigenvalue weighted by Crippen LogP contribution is -2.16. The predicted octanol–water partition coefficient (Wildman–Crippen LogP) is 15.2. The summed E-state index contributed by atoms with van der Waals surface area (Å²) in [5.41, 5.74) is 23.1. The fraction of sp³-hybridized carbons (Fsp3) is 0.0678. The number of rotatable bonds is 6. The number of ketones is 1. The first-order valence-electron chi connectivity index (χ1n) is 21.2. The fourth-order valence-electron chi connectivity index (χ4n) is 10.6. The minimum absolute atomic E-state index is 0.0950. The number of hydrogen-bond donors (Lipinski definition) is 0. The molecule has 0 unspecified atom stereocenters. The van der Waals surface area contributed by atoms with Gasteiger partial charge in [0.1, 0.15) is 0 Å². The SMILES string of the molecule is CC1(C)c2ccccc2-c2ccc(N(c3ccc(-c4ccc(C5c6ccccc6-c6ccccc65)cc4)cc3)c3ccc(-c4cccc5c4C(=O)c4ccccc4-5)cc3)cc21. The van der Waals surface area contributed by atoms with E-state index in [0.29, 0.717) is 0 Å². The van der Waals surface area contributed by atoms with Crippen LogP contribution < -0.4 is 4.90 Å². The van der Waals surface area contributed by atoms with Crippen molar-refractivity contribution in [2.24, 2.45) is 0 Å². The minimum Gasteiger partial charge on any atom is -0.310 e. The van der Waals surface area contributed by atoms with Gasteiger partial charge in [-0.25, -0.2) is 0 Å². The zero-order chi connectivity index (χ0) is 40.8. The van der Waals surface area contributed by atoms with Gasteiger partial charge in [-0.2, -0.15) is 0 Å². The normalized spacial score (nSPS) is 13.8. The van der Waals surface area contributed by atoms with Crippen molar-refractivity contribution < 1.29 is 4.79 Å². The Labute approximate surface area is 357 Å². The minimum atomic E-state index is -0.131. The van der Waals surface area contributed by atoms with Gasteiger partial charge in [0.2, 0.25) is 0 Å². The van der Waals surface area contributed by atoms with Gasteiger partial charge in [-0.15, -0.1) is 0 Å². The van der Waals surface area contributed by atoms with Gasteiger partial charge in [-0.1, -0.05) is 184 Å². The molecule has 0 N–H and O–H groups in total. The van der Waals surface area contributed by atoms with Crippen molar-refractivity contribution in [2.75, 3.05) is 4.90 Å². The average molecular weight is 780 g/mol. The lowest BCUT2D eigenvalue weighted by Gasteiger charge is -2.28. The lowest BCUT2D eigenvalue weighted by atomic mass is 9.82. The number of carbonyl (C=O) groups excluding carboxylic acids is 1. The fourth-order valence-corrected chi connectivity index (χ4v) is 10.6. The van der Waals surface area contributed by atoms with E-state index in [1.54, 1.807) is 0 Å². The van der Waals surface area contributed by atoms with Crippen LogP contribution in [-0.2, 0) is 5.41 Å². The van der Waals surface area contributed by atoms with Crippen molar-refractivity contribution in [1.82, 2.24) is 0 Å². The van der Waals surface area contributed by atoms with Crippen LogP contribution in [0.25, 0.3) is 55.6 Å². The van der Waals surface area contributed by atoms with E-state index in [1.807, 2.05) is 18.2 Å². The zero-order valence-corrected chi connectivity index (χ0v) is 34.1. The summed E-state index contributed by atoms with van der Waals surface area (Å²) in [5, 5.41) is 0. The van der Waals surface area contributed by atoms with E-state index in [9.17, 15) is 4.79 Å². The topological polar surface area (TPSA) is 20.3 Å². The largest absolute Gasteiger partial charge is 0.310 e. The van der Waals surface area contributed by atoms with Crippen molar-refractivity contribution >= 4 is 22.8 Å². The van der Waals surface area contributed by atoms with Crippen LogP contribution >= 0.6 is 0 Å². The smallest absolute Gasteiger partial charge is 0.194 e. The summed E-state index contributed by atoms with van der Waals surface area (Å²) < 4.78 is 0. The molecule has 0 spiro atoms. The first-order valence-corrected chi connectivity index (χ1v) is 21.2. The Morgan fingerprint density at radius 2 is 0.852 bits per heavy atom. The highest BCUT2D eigenvalue weighted by Crippen LogP contribution is 2.52. The summed E-state index contributed by atoms with van der Waals surface area (Å²) in [6.45, 7) is 4.67. The maximum Gasteiger partial charge on any atom is 0.194 e. The summed E-state index contributed by atoms with van der Waals surface area (Å²) >= 11 is 0. The van der Waals surface area contributed by atoms with E-state index in [1.165, 1.54) is 61.2 Å². The third kappa shape index (κ3) is 5.38. The third-order valence-corrected chi connectivity index (χ3v) is 13.6. The number of benzene rings is 9. The van der Waals surface area contributed by atoms with Crippen molar-refractivity contribution in [2.45, 2.75) is 25.2 Å². The molecule has 0 aliphatic heterocycles. The van der Waals surface area contributed by atoms with Crippen molar-refractivity contribution in [3.8, 4) is 55.6 Å². The van der Waals surface area contributed by atoms with Crippen LogP contribution in [0.5, 0.6) is 0 Å². The quantitative estimate of drug-likeness (QED) is 0.168. The van der Waals surface area contributed by atoms with E-state index >= 15 is 0 Å². The molecule has 12 rings (SSSR count). The maximum absolute atomic E-state index is 13.7. The number of anilines is 3. The summed E-state index contributed by atoms with van der Waals surface area (Å²) in [6.07, 6.45) is 0. The molecule has 2 heteroatoms. The van der Waals surface area contributed by atoms with Gasteiger partial charge in [0.15, 0.2) is 5.78 Å². The van der Waals surface area contributed by atoms with Crippen LogP contribution in [-0.4, -0.2) is 5.78 Å². The molecule has 61 heavy (non-hydrogen) atoms. The number of nitrogens with zero attached hydrogens (tertiary/aromatic N) is 1. The Balaban J connectivity index is 0.913. The highest BCUT2D eigenvalue weighted by Gasteiger charge is 2.36. The standard InChI is InChI=1S/C59H41NO/c1-59(2)54-21-10-9-15-48(54)49-35-34-43(36-55(49)59)60(42-32-28-39(29-33-42)44-19-11-20-52-47-14-5-8-18-53(47)58(61)57(44)52)41-30-26-38(27-31-41)37-22-24-40(25-23-37)56-50-16-6-3-12-45(50)46-13-4-7-17-51(46)56/h3-36,56H,1-2H3. The highest BCUT2D eigenvalue weighted by molar-refractivity contribution is 6.24. The summed E-state index contributed by atoms with van der Waals surface area (Å²) in [4.78, 5) is 16.1. The van der Waals surface area contributed by atoms with E-state index in [-0.39, 0.29) is 17.1 Å². The predicted molar refractivity (Wildman–Crippen MR) is 251 cm³/mol. The van der Waals surface area contributed by atoms with E-state index in [4.69, 9.17) is 0 Å². The summed E-state index contributed by atoms with van der Waals surface area (Å²) in [6, 6.07) is 74.4. The van der Waals surface area contributed by atoms with Crippen molar-refractivity contribution in [1.29, 1.82) is 0 Å². The van der Waals surface area contributed by atoms with Gasteiger partial charge >= 0.3 is 0 Å². The van der Waals surface area contributed by atoms with E-state index in [2.05, 4.69) is 207 Å². The molecule has 0 saturated carbocycles. The number of carbonyl (C=O) groups is 1. The van der Waals surface area contributed by atoms with Gasteiger partial charge < -0.3 is 4.90 Å². The molecular weight excluding hydrogens is 739 g/mol. The Kier molecular flexibility index (Phi) is 7.83. The molecule has 0 amide bonds. The van der Waals surface area contributed by atoms with E-state index in [0.717, 1.165) is 50.4 Å². The molecule has 0 saturated heterocycles. The molecule has 0 fully saturated rings. The van der Waals surface area contributed by atoms with Crippen LogP contribution in [0.3, 0.4) is 0 Å². The van der Waals surface area contributed by atoms with Gasteiger partial charge in [0, 0.05) is 39.5 Å². The molecular formula is C59H41NO. The highest BCUT2D eigenvalue weighted by atomic mass is 16.1. The first-order chi connectivity index (χ1) is 29.9. The van der Waals surface area contributed by atoms with Crippen LogP contribution in [0.1, 0.15) is 63.5 Å². The molecule has 0 aromatic heterocycles. The Bertz CT molecular complexity index is 3180. The first kappa shape index (κ1) is 35.4. The average Bonchev–Trinajstić information content (AvgIpc) is 3.89. The molecule has 2 nitrogen and oxygen atoms in total. The van der Waals surface area contributed by atoms with E-state index < -0.39 is 0 Å². The van der Waals surface area contributed by atoms with Gasteiger partial charge in [0.25, 0.3) is 0 Å². The van der Waals surface area contributed by atoms with Crippen LogP contribution in [0.2, 0.25) is 0 Å². The van der Waals surface area contributed by atoms with Crippen molar-refractivity contribution in [3.63, 3.8) is 0 Å². The Morgan fingerprint density at radius 3 is 1.51 bits per heavy atom. The lowest BCUT2D eigenvalue weighted by molar-refractivity contribution is 0.104. The summed E-state index contributed by atoms with van der Waals surface area (Å²) in [5.74, 6) is 0.325. The van der Waals surface area contributed by atoms with Crippen molar-refractivity contribution in [3.05, 3.63) is 245 Å². The van der Waals surface area contributed by atoms with Gasteiger partial charge in [-0.05, 0) is 120 Å². The molecule has 9 aromatic carbocycles. The summed E-state index contributed by atoms with van der Waals surface area (Å²) in [7, 11) is 0.